The normalized spacial score (nSPS) is 10.7. The van der Waals surface area contributed by atoms with Gasteiger partial charge in [0.25, 0.3) is 0 Å². The number of aryl methyl sites for hydroxylation is 1. The minimum atomic E-state index is 0.479. The van der Waals surface area contributed by atoms with Gasteiger partial charge in [-0.25, -0.2) is 0 Å². The zero-order valence-corrected chi connectivity index (χ0v) is 18.0. The Balaban J connectivity index is 1.32. The molecule has 6 nitrogen and oxygen atoms in total. The van der Waals surface area contributed by atoms with Crippen molar-refractivity contribution < 1.29 is 0 Å². The Bertz CT molecular complexity index is 1080. The lowest BCUT2D eigenvalue weighted by molar-refractivity contribution is 0.686. The van der Waals surface area contributed by atoms with E-state index in [-0.39, 0.29) is 0 Å². The maximum atomic E-state index is 6.04. The van der Waals surface area contributed by atoms with Crippen molar-refractivity contribution in [1.29, 1.82) is 0 Å². The second-order valence-corrected chi connectivity index (χ2v) is 7.90. The number of aromatic nitrogens is 4. The van der Waals surface area contributed by atoms with Crippen molar-refractivity contribution in [1.82, 2.24) is 19.6 Å². The van der Waals surface area contributed by atoms with Crippen molar-refractivity contribution in [2.24, 2.45) is 0 Å². The van der Waals surface area contributed by atoms with Crippen LogP contribution in [-0.4, -0.2) is 24.7 Å². The molecule has 2 N–H and O–H groups in total. The summed E-state index contributed by atoms with van der Waals surface area (Å²) in [6.45, 7) is 3.43. The highest BCUT2D eigenvalue weighted by atomic mass is 35.5. The zero-order chi connectivity index (χ0) is 20.9. The summed E-state index contributed by atoms with van der Waals surface area (Å²) in [6, 6.07) is 16.1. The molecule has 4 aromatic rings. The molecular formula is C22H21ClN6S. The summed E-state index contributed by atoms with van der Waals surface area (Å²) in [7, 11) is 0. The molecule has 2 aromatic carbocycles. The first-order valence-electron chi connectivity index (χ1n) is 9.46. The molecule has 152 valence electrons. The molecule has 0 radical (unpaired) electrons. The van der Waals surface area contributed by atoms with Gasteiger partial charge in [-0.2, -0.15) is 10.2 Å². The molecule has 0 unspecified atom stereocenters. The van der Waals surface area contributed by atoms with Crippen LogP contribution in [0.4, 0.5) is 11.4 Å². The third-order valence-corrected chi connectivity index (χ3v) is 4.88. The summed E-state index contributed by atoms with van der Waals surface area (Å²) < 4.78 is 3.71. The second-order valence-electron chi connectivity index (χ2n) is 7.05. The van der Waals surface area contributed by atoms with E-state index < -0.39 is 0 Å². The molecule has 0 aliphatic carbocycles. The molecule has 0 fully saturated rings. The van der Waals surface area contributed by atoms with E-state index in [0.717, 1.165) is 16.9 Å². The maximum absolute atomic E-state index is 6.04. The average molecular weight is 437 g/mol. The van der Waals surface area contributed by atoms with Crippen molar-refractivity contribution in [2.75, 3.05) is 10.6 Å². The van der Waals surface area contributed by atoms with Gasteiger partial charge >= 0.3 is 0 Å². The minimum Gasteiger partial charge on any atom is -0.330 e. The van der Waals surface area contributed by atoms with Gasteiger partial charge in [-0.15, -0.1) is 0 Å². The predicted molar refractivity (Wildman–Crippen MR) is 125 cm³/mol. The van der Waals surface area contributed by atoms with Gasteiger partial charge in [0.05, 0.1) is 36.9 Å². The lowest BCUT2D eigenvalue weighted by atomic mass is 10.1. The Morgan fingerprint density at radius 3 is 2.03 bits per heavy atom. The molecule has 0 aliphatic heterocycles. The van der Waals surface area contributed by atoms with Crippen LogP contribution in [0.25, 0.3) is 0 Å². The first-order chi connectivity index (χ1) is 14.5. The van der Waals surface area contributed by atoms with E-state index in [1.165, 1.54) is 11.1 Å². The van der Waals surface area contributed by atoms with Gasteiger partial charge in [0.2, 0.25) is 0 Å². The van der Waals surface area contributed by atoms with Gasteiger partial charge in [-0.1, -0.05) is 53.6 Å². The van der Waals surface area contributed by atoms with E-state index in [1.54, 1.807) is 12.4 Å². The van der Waals surface area contributed by atoms with Crippen LogP contribution in [0, 0.1) is 6.92 Å². The number of benzene rings is 2. The van der Waals surface area contributed by atoms with Crippen LogP contribution in [0.15, 0.2) is 73.3 Å². The molecule has 2 heterocycles. The molecule has 0 saturated heterocycles. The third kappa shape index (κ3) is 5.46. The molecule has 8 heteroatoms. The quantitative estimate of drug-likeness (QED) is 0.419. The van der Waals surface area contributed by atoms with Crippen LogP contribution >= 0.6 is 23.8 Å². The van der Waals surface area contributed by atoms with Crippen LogP contribution in [0.5, 0.6) is 0 Å². The third-order valence-electron chi connectivity index (χ3n) is 4.44. The number of thiocarbonyl (C=S) groups is 1. The minimum absolute atomic E-state index is 0.479. The Hall–Kier alpha value is -3.16. The van der Waals surface area contributed by atoms with Gasteiger partial charge in [0.15, 0.2) is 5.11 Å². The molecule has 2 aromatic heterocycles. The second kappa shape index (κ2) is 9.11. The monoisotopic (exact) mass is 436 g/mol. The predicted octanol–water partition coefficient (Wildman–Crippen LogP) is 4.95. The zero-order valence-electron chi connectivity index (χ0n) is 16.4. The first kappa shape index (κ1) is 20.1. The van der Waals surface area contributed by atoms with E-state index in [2.05, 4.69) is 52.0 Å². The fourth-order valence-electron chi connectivity index (χ4n) is 3.14. The molecule has 0 atom stereocenters. The standard InChI is InChI=1S/C22H21ClN6S/c1-16-4-2-5-17(8-16)12-28-14-20(10-24-28)26-22(30)27-21-11-25-29(15-21)13-18-6-3-7-19(23)9-18/h2-11,14-15H,12-13H2,1H3,(H2,26,27,30). The van der Waals surface area contributed by atoms with Crippen LogP contribution in [-0.2, 0) is 13.1 Å². The van der Waals surface area contributed by atoms with E-state index in [1.807, 2.05) is 46.0 Å². The summed E-state index contributed by atoms with van der Waals surface area (Å²) >= 11 is 11.5. The summed E-state index contributed by atoms with van der Waals surface area (Å²) in [5.41, 5.74) is 5.16. The van der Waals surface area contributed by atoms with Crippen molar-refractivity contribution >= 4 is 40.3 Å². The largest absolute Gasteiger partial charge is 0.330 e. The highest BCUT2D eigenvalue weighted by Gasteiger charge is 2.05. The molecule has 0 bridgehead atoms. The molecular weight excluding hydrogens is 416 g/mol. The fourth-order valence-corrected chi connectivity index (χ4v) is 3.59. The topological polar surface area (TPSA) is 59.7 Å². The summed E-state index contributed by atoms with van der Waals surface area (Å²) in [4.78, 5) is 0. The lowest BCUT2D eigenvalue weighted by Gasteiger charge is -2.07. The van der Waals surface area contributed by atoms with Crippen molar-refractivity contribution in [3.8, 4) is 0 Å². The number of rotatable bonds is 6. The highest BCUT2D eigenvalue weighted by molar-refractivity contribution is 7.80. The van der Waals surface area contributed by atoms with Crippen LogP contribution in [0.2, 0.25) is 5.02 Å². The molecule has 0 spiro atoms. The first-order valence-corrected chi connectivity index (χ1v) is 10.2. The highest BCUT2D eigenvalue weighted by Crippen LogP contribution is 2.14. The summed E-state index contributed by atoms with van der Waals surface area (Å²) in [5, 5.41) is 16.3. The van der Waals surface area contributed by atoms with Gasteiger partial charge in [0, 0.05) is 17.4 Å². The van der Waals surface area contributed by atoms with Crippen LogP contribution in [0.1, 0.15) is 16.7 Å². The van der Waals surface area contributed by atoms with E-state index in [4.69, 9.17) is 23.8 Å². The number of hydrogen-bond donors (Lipinski definition) is 2. The fraction of sp³-hybridized carbons (Fsp3) is 0.136. The Labute approximate surface area is 185 Å². The number of nitrogens with one attached hydrogen (secondary N) is 2. The lowest BCUT2D eigenvalue weighted by Crippen LogP contribution is -2.18. The van der Waals surface area contributed by atoms with Crippen molar-refractivity contribution in [2.45, 2.75) is 20.0 Å². The Kier molecular flexibility index (Phi) is 6.11. The Morgan fingerprint density at radius 2 is 1.47 bits per heavy atom. The van der Waals surface area contributed by atoms with Crippen molar-refractivity contribution in [3.63, 3.8) is 0 Å². The summed E-state index contributed by atoms with van der Waals surface area (Å²) in [6.07, 6.45) is 7.32. The smallest absolute Gasteiger partial charge is 0.175 e. The maximum Gasteiger partial charge on any atom is 0.175 e. The molecule has 30 heavy (non-hydrogen) atoms. The van der Waals surface area contributed by atoms with Gasteiger partial charge in [0.1, 0.15) is 0 Å². The molecule has 0 aliphatic rings. The van der Waals surface area contributed by atoms with Crippen LogP contribution in [0.3, 0.4) is 0 Å². The number of anilines is 2. The average Bonchev–Trinajstić information content (AvgIpc) is 3.31. The number of halogens is 1. The molecule has 4 rings (SSSR count). The number of hydrogen-bond acceptors (Lipinski definition) is 3. The Morgan fingerprint density at radius 1 is 0.900 bits per heavy atom. The molecule has 0 saturated carbocycles. The van der Waals surface area contributed by atoms with Crippen molar-refractivity contribution in [3.05, 3.63) is 95.0 Å². The summed E-state index contributed by atoms with van der Waals surface area (Å²) in [5.74, 6) is 0. The SMILES string of the molecule is Cc1cccc(Cn2cc(NC(=S)Nc3cnn(Cc4cccc(Cl)c4)c3)cn2)c1. The van der Waals surface area contributed by atoms with E-state index >= 15 is 0 Å². The number of nitrogens with zero attached hydrogens (tertiary/aromatic N) is 4. The van der Waals surface area contributed by atoms with Gasteiger partial charge in [-0.3, -0.25) is 9.36 Å². The van der Waals surface area contributed by atoms with E-state index in [0.29, 0.717) is 23.2 Å². The van der Waals surface area contributed by atoms with E-state index in [9.17, 15) is 0 Å². The van der Waals surface area contributed by atoms with Crippen LogP contribution < -0.4 is 10.6 Å². The van der Waals surface area contributed by atoms with Gasteiger partial charge < -0.3 is 10.6 Å². The van der Waals surface area contributed by atoms with Gasteiger partial charge in [-0.05, 0) is 42.4 Å². The molecule has 0 amide bonds.